The van der Waals surface area contributed by atoms with Crippen LogP contribution in [-0.2, 0) is 31.0 Å². The lowest BCUT2D eigenvalue weighted by Crippen LogP contribution is -2.37. The van der Waals surface area contributed by atoms with E-state index in [0.29, 0.717) is 28.4 Å². The molecule has 1 aliphatic rings. The second kappa shape index (κ2) is 8.93. The summed E-state index contributed by atoms with van der Waals surface area (Å²) in [6.45, 7) is -0.317. The first kappa shape index (κ1) is 22.3. The largest absolute Gasteiger partial charge is 0.489 e. The maximum absolute atomic E-state index is 12.7. The van der Waals surface area contributed by atoms with Crippen molar-refractivity contribution in [3.05, 3.63) is 99.5 Å². The monoisotopic (exact) mass is 456 g/mol. The fraction of sp³-hybridized carbons (Fsp3) is 0.208. The highest BCUT2D eigenvalue weighted by atomic mass is 19.4. The van der Waals surface area contributed by atoms with E-state index in [1.807, 2.05) is 30.3 Å². The molecule has 0 N–H and O–H groups in total. The standard InChI is InChI=1S/C24H19F3N2O4/c25-24(26,27)23(32)29-12-18-7-6-17(10-19(18)13-29)21(30)14-28-9-8-20(11-22(28)31)33-15-16-4-2-1-3-5-16/h1-11H,12-15H2. The summed E-state index contributed by atoms with van der Waals surface area (Å²) in [5, 5.41) is 0. The van der Waals surface area contributed by atoms with Gasteiger partial charge in [0, 0.05) is 30.9 Å². The number of ketones is 1. The normalized spacial score (nSPS) is 13.0. The molecule has 0 bridgehead atoms. The number of fused-ring (bicyclic) bond motifs is 1. The van der Waals surface area contributed by atoms with E-state index in [9.17, 15) is 27.6 Å². The van der Waals surface area contributed by atoms with Crippen LogP contribution in [0.5, 0.6) is 5.75 Å². The molecule has 0 saturated carbocycles. The van der Waals surface area contributed by atoms with E-state index in [1.54, 1.807) is 6.07 Å². The minimum Gasteiger partial charge on any atom is -0.489 e. The molecule has 33 heavy (non-hydrogen) atoms. The Hall–Kier alpha value is -3.88. The summed E-state index contributed by atoms with van der Waals surface area (Å²) < 4.78 is 44.9. The van der Waals surface area contributed by atoms with Gasteiger partial charge in [0.05, 0.1) is 6.54 Å². The van der Waals surface area contributed by atoms with Crippen LogP contribution in [0, 0.1) is 0 Å². The summed E-state index contributed by atoms with van der Waals surface area (Å²) >= 11 is 0. The van der Waals surface area contributed by atoms with Gasteiger partial charge in [-0.15, -0.1) is 0 Å². The average molecular weight is 456 g/mol. The Morgan fingerprint density at radius 1 is 0.939 bits per heavy atom. The van der Waals surface area contributed by atoms with Crippen molar-refractivity contribution in [1.82, 2.24) is 9.47 Å². The van der Waals surface area contributed by atoms with Crippen LogP contribution in [0.2, 0.25) is 0 Å². The molecule has 0 fully saturated rings. The van der Waals surface area contributed by atoms with Gasteiger partial charge >= 0.3 is 12.1 Å². The van der Waals surface area contributed by atoms with Crippen molar-refractivity contribution >= 4 is 11.7 Å². The topological polar surface area (TPSA) is 68.6 Å². The van der Waals surface area contributed by atoms with Gasteiger partial charge in [0.1, 0.15) is 12.4 Å². The molecule has 9 heteroatoms. The lowest BCUT2D eigenvalue weighted by Gasteiger charge is -2.16. The third kappa shape index (κ3) is 5.14. The number of carbonyl (C=O) groups excluding carboxylic acids is 2. The molecule has 0 saturated heterocycles. The van der Waals surface area contributed by atoms with Crippen molar-refractivity contribution in [3.8, 4) is 5.75 Å². The number of alkyl halides is 3. The molecule has 2 heterocycles. The molecule has 0 spiro atoms. The Bertz CT molecular complexity index is 1250. The van der Waals surface area contributed by atoms with Gasteiger partial charge in [0.2, 0.25) is 0 Å². The Kier molecular flexibility index (Phi) is 6.04. The molecule has 170 valence electrons. The lowest BCUT2D eigenvalue weighted by atomic mass is 10.0. The van der Waals surface area contributed by atoms with Gasteiger partial charge in [-0.1, -0.05) is 42.5 Å². The molecule has 1 amide bonds. The zero-order valence-electron chi connectivity index (χ0n) is 17.3. The maximum Gasteiger partial charge on any atom is 0.471 e. The smallest absolute Gasteiger partial charge is 0.471 e. The van der Waals surface area contributed by atoms with E-state index in [4.69, 9.17) is 4.74 Å². The van der Waals surface area contributed by atoms with Crippen LogP contribution in [0.15, 0.2) is 71.7 Å². The minimum absolute atomic E-state index is 0.161. The number of amides is 1. The van der Waals surface area contributed by atoms with Crippen molar-refractivity contribution < 1.29 is 27.5 Å². The highest BCUT2D eigenvalue weighted by Crippen LogP contribution is 2.28. The number of hydrogen-bond donors (Lipinski definition) is 0. The molecule has 1 aliphatic heterocycles. The van der Waals surface area contributed by atoms with Gasteiger partial charge in [-0.2, -0.15) is 13.2 Å². The van der Waals surface area contributed by atoms with Crippen LogP contribution >= 0.6 is 0 Å². The van der Waals surface area contributed by atoms with Crippen LogP contribution in [0.3, 0.4) is 0 Å². The fourth-order valence-corrected chi connectivity index (χ4v) is 3.59. The number of rotatable bonds is 6. The van der Waals surface area contributed by atoms with Crippen LogP contribution in [0.1, 0.15) is 27.0 Å². The van der Waals surface area contributed by atoms with Crippen molar-refractivity contribution in [1.29, 1.82) is 0 Å². The second-order valence-electron chi connectivity index (χ2n) is 7.67. The number of benzene rings is 2. The number of carbonyl (C=O) groups is 2. The van der Waals surface area contributed by atoms with Crippen molar-refractivity contribution in [3.63, 3.8) is 0 Å². The summed E-state index contributed by atoms with van der Waals surface area (Å²) in [6.07, 6.45) is -3.49. The highest BCUT2D eigenvalue weighted by molar-refractivity contribution is 5.96. The molecule has 0 unspecified atom stereocenters. The molecule has 4 rings (SSSR count). The number of nitrogens with zero attached hydrogens (tertiary/aromatic N) is 2. The fourth-order valence-electron chi connectivity index (χ4n) is 3.59. The summed E-state index contributed by atoms with van der Waals surface area (Å²) in [6, 6.07) is 16.8. The van der Waals surface area contributed by atoms with Crippen molar-refractivity contribution in [2.45, 2.75) is 32.4 Å². The first-order valence-corrected chi connectivity index (χ1v) is 10.1. The number of hydrogen-bond acceptors (Lipinski definition) is 4. The molecule has 1 aromatic heterocycles. The number of ether oxygens (including phenoxy) is 1. The molecule has 3 aromatic rings. The molecule has 0 atom stereocenters. The van der Waals surface area contributed by atoms with Gasteiger partial charge in [-0.25, -0.2) is 0 Å². The van der Waals surface area contributed by atoms with E-state index >= 15 is 0 Å². The molecular formula is C24H19F3N2O4. The van der Waals surface area contributed by atoms with Gasteiger partial charge in [-0.3, -0.25) is 14.4 Å². The van der Waals surface area contributed by atoms with E-state index < -0.39 is 17.6 Å². The zero-order chi connectivity index (χ0) is 23.6. The first-order chi connectivity index (χ1) is 15.7. The molecule has 6 nitrogen and oxygen atoms in total. The van der Waals surface area contributed by atoms with Crippen LogP contribution in [-0.4, -0.2) is 27.3 Å². The maximum atomic E-state index is 12.7. The highest BCUT2D eigenvalue weighted by Gasteiger charge is 2.44. The van der Waals surface area contributed by atoms with Crippen LogP contribution < -0.4 is 10.3 Å². The summed E-state index contributed by atoms with van der Waals surface area (Å²) in [5.74, 6) is -1.91. The predicted molar refractivity (Wildman–Crippen MR) is 113 cm³/mol. The van der Waals surface area contributed by atoms with Crippen molar-refractivity contribution in [2.75, 3.05) is 0 Å². The third-order valence-corrected chi connectivity index (χ3v) is 5.31. The molecule has 2 aromatic carbocycles. The van der Waals surface area contributed by atoms with Crippen LogP contribution in [0.4, 0.5) is 13.2 Å². The Labute approximate surface area is 186 Å². The molecule has 0 radical (unpaired) electrons. The summed E-state index contributed by atoms with van der Waals surface area (Å²) in [7, 11) is 0. The quantitative estimate of drug-likeness (QED) is 0.531. The SMILES string of the molecule is O=C(Cn1ccc(OCc2ccccc2)cc1=O)c1ccc2c(c1)CN(C(=O)C(F)(F)F)C2. The minimum atomic E-state index is -4.95. The molecular weight excluding hydrogens is 437 g/mol. The lowest BCUT2D eigenvalue weighted by molar-refractivity contribution is -0.186. The Balaban J connectivity index is 1.41. The predicted octanol–water partition coefficient (Wildman–Crippen LogP) is 3.71. The van der Waals surface area contributed by atoms with Crippen LogP contribution in [0.25, 0.3) is 0 Å². The van der Waals surface area contributed by atoms with E-state index in [1.165, 1.54) is 35.0 Å². The summed E-state index contributed by atoms with van der Waals surface area (Å²) in [4.78, 5) is 37.2. The Morgan fingerprint density at radius 2 is 1.67 bits per heavy atom. The number of Topliss-reactive ketones (excluding diaryl/α,β-unsaturated/α-hetero) is 1. The van der Waals surface area contributed by atoms with Gasteiger partial charge in [0.25, 0.3) is 5.56 Å². The van der Waals surface area contributed by atoms with Gasteiger partial charge < -0.3 is 14.2 Å². The zero-order valence-corrected chi connectivity index (χ0v) is 17.3. The average Bonchev–Trinajstić information content (AvgIpc) is 3.22. The number of halogens is 3. The first-order valence-electron chi connectivity index (χ1n) is 10.1. The van der Waals surface area contributed by atoms with Crippen molar-refractivity contribution in [2.24, 2.45) is 0 Å². The van der Waals surface area contributed by atoms with E-state index in [0.717, 1.165) is 5.56 Å². The van der Waals surface area contributed by atoms with Gasteiger partial charge in [-0.05, 0) is 28.8 Å². The number of aromatic nitrogens is 1. The van der Waals surface area contributed by atoms with E-state index in [-0.39, 0.29) is 31.0 Å². The second-order valence-corrected chi connectivity index (χ2v) is 7.67. The molecule has 0 aliphatic carbocycles. The van der Waals surface area contributed by atoms with E-state index in [2.05, 4.69) is 0 Å². The third-order valence-electron chi connectivity index (χ3n) is 5.31. The number of pyridine rings is 1. The Morgan fingerprint density at radius 3 is 2.36 bits per heavy atom. The van der Waals surface area contributed by atoms with Gasteiger partial charge in [0.15, 0.2) is 5.78 Å². The summed E-state index contributed by atoms with van der Waals surface area (Å²) in [5.41, 5.74) is 1.82.